The predicted molar refractivity (Wildman–Crippen MR) is 67.4 cm³/mol. The molecule has 0 aromatic carbocycles. The third-order valence-electron chi connectivity index (χ3n) is 3.80. The quantitative estimate of drug-likeness (QED) is 0.785. The summed E-state index contributed by atoms with van der Waals surface area (Å²) < 4.78 is 4.78. The summed E-state index contributed by atoms with van der Waals surface area (Å²) in [4.78, 5) is 23.8. The van der Waals surface area contributed by atoms with Crippen molar-refractivity contribution in [1.29, 1.82) is 0 Å². The number of rotatable bonds is 4. The zero-order chi connectivity index (χ0) is 13.8. The Labute approximate surface area is 108 Å². The summed E-state index contributed by atoms with van der Waals surface area (Å²) in [5, 5.41) is 8.85. The van der Waals surface area contributed by atoms with Gasteiger partial charge < -0.3 is 14.7 Å². The standard InChI is InChI=1S/C13H23NO4/c1-13(2,11(15)18-3)7-4-10-5-8-14(9-6-10)12(16)17/h10H,4-9H2,1-3H3,(H,16,17). The van der Waals surface area contributed by atoms with Crippen molar-refractivity contribution < 1.29 is 19.4 Å². The van der Waals surface area contributed by atoms with Gasteiger partial charge in [0, 0.05) is 13.1 Å². The largest absolute Gasteiger partial charge is 0.469 e. The normalized spacial score (nSPS) is 17.6. The van der Waals surface area contributed by atoms with E-state index in [1.165, 1.54) is 12.0 Å². The molecule has 0 spiro atoms. The van der Waals surface area contributed by atoms with Crippen LogP contribution < -0.4 is 0 Å². The van der Waals surface area contributed by atoms with Gasteiger partial charge in [-0.3, -0.25) is 4.79 Å². The molecule has 0 radical (unpaired) electrons. The number of piperidine rings is 1. The molecule has 0 aliphatic carbocycles. The molecule has 1 amide bonds. The SMILES string of the molecule is COC(=O)C(C)(C)CCC1CCN(C(=O)O)CC1. The van der Waals surface area contributed by atoms with Crippen LogP contribution >= 0.6 is 0 Å². The van der Waals surface area contributed by atoms with Crippen LogP contribution in [0.25, 0.3) is 0 Å². The number of methoxy groups -OCH3 is 1. The average Bonchev–Trinajstić information content (AvgIpc) is 2.35. The van der Waals surface area contributed by atoms with Crippen molar-refractivity contribution in [3.8, 4) is 0 Å². The molecule has 1 aliphatic heterocycles. The summed E-state index contributed by atoms with van der Waals surface area (Å²) in [5.41, 5.74) is -0.446. The summed E-state index contributed by atoms with van der Waals surface area (Å²) in [5.74, 6) is 0.343. The van der Waals surface area contributed by atoms with E-state index >= 15 is 0 Å². The van der Waals surface area contributed by atoms with Crippen molar-refractivity contribution in [3.05, 3.63) is 0 Å². The molecule has 0 saturated carbocycles. The second kappa shape index (κ2) is 6.07. The van der Waals surface area contributed by atoms with Gasteiger partial charge in [0.25, 0.3) is 0 Å². The number of ether oxygens (including phenoxy) is 1. The molecule has 0 bridgehead atoms. The minimum atomic E-state index is -0.830. The molecule has 5 heteroatoms. The van der Waals surface area contributed by atoms with Crippen LogP contribution in [0.2, 0.25) is 0 Å². The molecule has 1 saturated heterocycles. The topological polar surface area (TPSA) is 66.8 Å². The second-order valence-corrected chi connectivity index (χ2v) is 5.63. The van der Waals surface area contributed by atoms with E-state index in [2.05, 4.69) is 0 Å². The van der Waals surface area contributed by atoms with Crippen molar-refractivity contribution >= 4 is 12.1 Å². The number of hydrogen-bond acceptors (Lipinski definition) is 3. The zero-order valence-electron chi connectivity index (χ0n) is 11.4. The van der Waals surface area contributed by atoms with E-state index in [9.17, 15) is 9.59 Å². The maximum atomic E-state index is 11.5. The van der Waals surface area contributed by atoms with Crippen LogP contribution in [0.15, 0.2) is 0 Å². The van der Waals surface area contributed by atoms with E-state index in [1.807, 2.05) is 13.8 Å². The maximum absolute atomic E-state index is 11.5. The van der Waals surface area contributed by atoms with Gasteiger partial charge >= 0.3 is 12.1 Å². The minimum absolute atomic E-state index is 0.175. The first-order valence-electron chi connectivity index (χ1n) is 6.43. The number of carboxylic acid groups (broad SMARTS) is 1. The van der Waals surface area contributed by atoms with Crippen molar-refractivity contribution in [3.63, 3.8) is 0 Å². The molecule has 5 nitrogen and oxygen atoms in total. The highest BCUT2D eigenvalue weighted by atomic mass is 16.5. The summed E-state index contributed by atoms with van der Waals surface area (Å²) in [6.07, 6.45) is 2.70. The molecule has 1 N–H and O–H groups in total. The third kappa shape index (κ3) is 3.89. The molecule has 1 aliphatic rings. The average molecular weight is 257 g/mol. The lowest BCUT2D eigenvalue weighted by Crippen LogP contribution is -2.37. The first-order chi connectivity index (χ1) is 8.36. The van der Waals surface area contributed by atoms with E-state index < -0.39 is 11.5 Å². The highest BCUT2D eigenvalue weighted by Crippen LogP contribution is 2.30. The smallest absolute Gasteiger partial charge is 0.407 e. The Balaban J connectivity index is 2.34. The zero-order valence-corrected chi connectivity index (χ0v) is 11.4. The Morgan fingerprint density at radius 3 is 2.33 bits per heavy atom. The highest BCUT2D eigenvalue weighted by Gasteiger charge is 2.30. The molecule has 0 atom stereocenters. The minimum Gasteiger partial charge on any atom is -0.469 e. The van der Waals surface area contributed by atoms with Crippen LogP contribution in [0, 0.1) is 11.3 Å². The van der Waals surface area contributed by atoms with Gasteiger partial charge in [0.1, 0.15) is 0 Å². The Kier molecular flexibility index (Phi) is 4.99. The lowest BCUT2D eigenvalue weighted by atomic mass is 9.82. The van der Waals surface area contributed by atoms with Crippen molar-refractivity contribution in [1.82, 2.24) is 4.90 Å². The van der Waals surface area contributed by atoms with Crippen LogP contribution in [0.3, 0.4) is 0 Å². The number of carbonyl (C=O) groups is 2. The number of amides is 1. The molecule has 0 aromatic rings. The van der Waals surface area contributed by atoms with Crippen LogP contribution in [-0.2, 0) is 9.53 Å². The third-order valence-corrected chi connectivity index (χ3v) is 3.80. The monoisotopic (exact) mass is 257 g/mol. The summed E-state index contributed by atoms with van der Waals surface area (Å²) in [6, 6.07) is 0. The summed E-state index contributed by atoms with van der Waals surface area (Å²) >= 11 is 0. The maximum Gasteiger partial charge on any atom is 0.407 e. The summed E-state index contributed by atoms with van der Waals surface area (Å²) in [7, 11) is 1.41. The first kappa shape index (κ1) is 14.8. The molecule has 0 aromatic heterocycles. The van der Waals surface area contributed by atoms with Crippen LogP contribution in [0.4, 0.5) is 4.79 Å². The lowest BCUT2D eigenvalue weighted by Gasteiger charge is -2.31. The molecule has 0 unspecified atom stereocenters. The molecular weight excluding hydrogens is 234 g/mol. The van der Waals surface area contributed by atoms with Crippen molar-refractivity contribution in [2.45, 2.75) is 39.5 Å². The predicted octanol–water partition coefficient (Wildman–Crippen LogP) is 2.36. The van der Waals surface area contributed by atoms with Gasteiger partial charge in [-0.1, -0.05) is 0 Å². The van der Waals surface area contributed by atoms with Gasteiger partial charge in [0.15, 0.2) is 0 Å². The Bertz CT molecular complexity index is 306. The molecule has 1 fully saturated rings. The molecule has 104 valence electrons. The molecular formula is C13H23NO4. The first-order valence-corrected chi connectivity index (χ1v) is 6.43. The molecule has 1 heterocycles. The van der Waals surface area contributed by atoms with E-state index in [0.717, 1.165) is 25.7 Å². The van der Waals surface area contributed by atoms with E-state index in [4.69, 9.17) is 9.84 Å². The summed E-state index contributed by atoms with van der Waals surface area (Å²) in [6.45, 7) is 5.01. The van der Waals surface area contributed by atoms with Gasteiger partial charge in [-0.25, -0.2) is 4.79 Å². The number of nitrogens with zero attached hydrogens (tertiary/aromatic N) is 1. The van der Waals surface area contributed by atoms with Gasteiger partial charge in [0.05, 0.1) is 12.5 Å². The lowest BCUT2D eigenvalue weighted by molar-refractivity contribution is -0.151. The number of likely N-dealkylation sites (tertiary alicyclic amines) is 1. The fourth-order valence-corrected chi connectivity index (χ4v) is 2.36. The second-order valence-electron chi connectivity index (χ2n) is 5.63. The van der Waals surface area contributed by atoms with Crippen LogP contribution in [0.1, 0.15) is 39.5 Å². The number of carbonyl (C=O) groups excluding carboxylic acids is 1. The van der Waals surface area contributed by atoms with Gasteiger partial charge in [-0.15, -0.1) is 0 Å². The molecule has 18 heavy (non-hydrogen) atoms. The van der Waals surface area contributed by atoms with E-state index in [1.54, 1.807) is 0 Å². The van der Waals surface area contributed by atoms with Gasteiger partial charge in [-0.2, -0.15) is 0 Å². The fraction of sp³-hybridized carbons (Fsp3) is 0.846. The Hall–Kier alpha value is -1.26. The number of esters is 1. The van der Waals surface area contributed by atoms with Gasteiger partial charge in [0.2, 0.25) is 0 Å². The molecule has 1 rings (SSSR count). The Morgan fingerprint density at radius 1 is 1.33 bits per heavy atom. The number of hydrogen-bond donors (Lipinski definition) is 1. The Morgan fingerprint density at radius 2 is 1.89 bits per heavy atom. The van der Waals surface area contributed by atoms with Crippen molar-refractivity contribution in [2.24, 2.45) is 11.3 Å². The van der Waals surface area contributed by atoms with Crippen molar-refractivity contribution in [2.75, 3.05) is 20.2 Å². The van der Waals surface area contributed by atoms with Gasteiger partial charge in [-0.05, 0) is 45.4 Å². The van der Waals surface area contributed by atoms with E-state index in [-0.39, 0.29) is 5.97 Å². The highest BCUT2D eigenvalue weighted by molar-refractivity contribution is 5.75. The van der Waals surface area contributed by atoms with Crippen LogP contribution in [-0.4, -0.2) is 42.3 Å². The van der Waals surface area contributed by atoms with Crippen LogP contribution in [0.5, 0.6) is 0 Å². The fourth-order valence-electron chi connectivity index (χ4n) is 2.36. The van der Waals surface area contributed by atoms with E-state index in [0.29, 0.717) is 19.0 Å².